The van der Waals surface area contributed by atoms with Crippen molar-refractivity contribution in [1.82, 2.24) is 15.0 Å². The van der Waals surface area contributed by atoms with E-state index in [1.165, 1.54) is 11.8 Å². The fourth-order valence-corrected chi connectivity index (χ4v) is 3.91. The zero-order valence-corrected chi connectivity index (χ0v) is 21.0. The highest BCUT2D eigenvalue weighted by molar-refractivity contribution is 8.00. The summed E-state index contributed by atoms with van der Waals surface area (Å²) in [7, 11) is 0. The second kappa shape index (κ2) is 11.0. The number of nitrogens with one attached hydrogen (secondary N) is 3. The highest BCUT2D eigenvalue weighted by Crippen LogP contribution is 2.25. The Labute approximate surface area is 209 Å². The van der Waals surface area contributed by atoms with Gasteiger partial charge < -0.3 is 16.0 Å². The van der Waals surface area contributed by atoms with Crippen LogP contribution < -0.4 is 16.0 Å². The number of rotatable bonds is 8. The van der Waals surface area contributed by atoms with Crippen molar-refractivity contribution in [2.24, 2.45) is 0 Å². The number of benzene rings is 3. The molecule has 4 rings (SSSR count). The van der Waals surface area contributed by atoms with Crippen molar-refractivity contribution in [1.29, 1.82) is 0 Å². The molecule has 0 aliphatic heterocycles. The van der Waals surface area contributed by atoms with Gasteiger partial charge in [0.15, 0.2) is 5.16 Å². The van der Waals surface area contributed by atoms with Crippen LogP contribution in [0.3, 0.4) is 0 Å². The summed E-state index contributed by atoms with van der Waals surface area (Å²) >= 11 is 1.27. The first-order valence-electron chi connectivity index (χ1n) is 11.3. The summed E-state index contributed by atoms with van der Waals surface area (Å²) < 4.78 is 0. The Bertz CT molecular complexity index is 1230. The van der Waals surface area contributed by atoms with Gasteiger partial charge in [0.05, 0.1) is 5.25 Å². The first-order valence-corrected chi connectivity index (χ1v) is 12.2. The van der Waals surface area contributed by atoms with Crippen LogP contribution in [0.15, 0.2) is 78.0 Å². The number of aryl methyl sites for hydroxylation is 3. The molecule has 3 N–H and O–H groups in total. The van der Waals surface area contributed by atoms with Crippen molar-refractivity contribution in [3.05, 3.63) is 89.5 Å². The minimum absolute atomic E-state index is 0.125. The number of amides is 1. The second-order valence-electron chi connectivity index (χ2n) is 8.36. The molecule has 0 bridgehead atoms. The normalized spacial score (nSPS) is 11.5. The number of nitrogens with zero attached hydrogens (tertiary/aromatic N) is 3. The van der Waals surface area contributed by atoms with Gasteiger partial charge in [0.25, 0.3) is 0 Å². The maximum Gasteiger partial charge on any atom is 0.237 e. The summed E-state index contributed by atoms with van der Waals surface area (Å²) in [6.45, 7) is 7.91. The zero-order chi connectivity index (χ0) is 24.8. The number of hydrogen-bond acceptors (Lipinski definition) is 7. The quantitative estimate of drug-likeness (QED) is 0.249. The Morgan fingerprint density at radius 2 is 1.06 bits per heavy atom. The highest BCUT2D eigenvalue weighted by atomic mass is 32.2. The molecule has 8 heteroatoms. The summed E-state index contributed by atoms with van der Waals surface area (Å²) in [6, 6.07) is 23.6. The first kappa shape index (κ1) is 24.2. The van der Waals surface area contributed by atoms with Gasteiger partial charge in [-0.15, -0.1) is 0 Å². The van der Waals surface area contributed by atoms with Crippen molar-refractivity contribution in [3.8, 4) is 0 Å². The molecule has 0 aliphatic rings. The molecule has 3 aromatic carbocycles. The average Bonchev–Trinajstić information content (AvgIpc) is 2.83. The van der Waals surface area contributed by atoms with Gasteiger partial charge >= 0.3 is 0 Å². The van der Waals surface area contributed by atoms with E-state index in [9.17, 15) is 4.79 Å². The SMILES string of the molecule is Cc1ccc(NC(=O)C(C)Sc2nc(Nc3ccc(C)cc3)nc(Nc3ccc(C)cc3)n2)cc1. The van der Waals surface area contributed by atoms with E-state index in [1.807, 2.05) is 100 Å². The second-order valence-corrected chi connectivity index (χ2v) is 9.67. The van der Waals surface area contributed by atoms with Crippen LogP contribution in [0.1, 0.15) is 23.6 Å². The van der Waals surface area contributed by atoms with Crippen LogP contribution in [0.5, 0.6) is 0 Å². The average molecular weight is 485 g/mol. The lowest BCUT2D eigenvalue weighted by atomic mass is 10.2. The summed E-state index contributed by atoms with van der Waals surface area (Å²) in [5.41, 5.74) is 5.95. The fraction of sp³-hybridized carbons (Fsp3) is 0.185. The van der Waals surface area contributed by atoms with E-state index in [0.29, 0.717) is 17.1 Å². The molecule has 1 atom stereocenters. The van der Waals surface area contributed by atoms with Crippen LogP contribution in [0.25, 0.3) is 0 Å². The topological polar surface area (TPSA) is 91.8 Å². The highest BCUT2D eigenvalue weighted by Gasteiger charge is 2.18. The minimum atomic E-state index is -0.418. The molecule has 4 aromatic rings. The number of carbonyl (C=O) groups excluding carboxylic acids is 1. The van der Waals surface area contributed by atoms with Crippen molar-refractivity contribution in [2.45, 2.75) is 38.1 Å². The number of aromatic nitrogens is 3. The summed E-state index contributed by atoms with van der Waals surface area (Å²) in [5, 5.41) is 9.45. The molecule has 0 aliphatic carbocycles. The molecule has 0 saturated heterocycles. The standard InChI is InChI=1S/C27H28N6OS/c1-17-5-11-21(12-6-17)28-24(34)20(4)35-27-32-25(29-22-13-7-18(2)8-14-22)31-26(33-27)30-23-15-9-19(3)10-16-23/h5-16,20H,1-4H3,(H,28,34)(H2,29,30,31,32,33). The van der Waals surface area contributed by atoms with Gasteiger partial charge in [-0.05, 0) is 64.1 Å². The molecule has 1 aromatic heterocycles. The minimum Gasteiger partial charge on any atom is -0.325 e. The first-order chi connectivity index (χ1) is 16.8. The number of carbonyl (C=O) groups is 1. The predicted molar refractivity (Wildman–Crippen MR) is 144 cm³/mol. The van der Waals surface area contributed by atoms with E-state index in [-0.39, 0.29) is 5.91 Å². The van der Waals surface area contributed by atoms with E-state index < -0.39 is 5.25 Å². The van der Waals surface area contributed by atoms with Crippen molar-refractivity contribution in [2.75, 3.05) is 16.0 Å². The molecule has 0 fully saturated rings. The molecular weight excluding hydrogens is 456 g/mol. The number of hydrogen-bond donors (Lipinski definition) is 3. The third-order valence-corrected chi connectivity index (χ3v) is 6.16. The van der Waals surface area contributed by atoms with E-state index in [4.69, 9.17) is 0 Å². The summed E-state index contributed by atoms with van der Waals surface area (Å²) in [4.78, 5) is 26.4. The van der Waals surface area contributed by atoms with Gasteiger partial charge in [-0.1, -0.05) is 64.9 Å². The maximum atomic E-state index is 12.8. The summed E-state index contributed by atoms with van der Waals surface area (Å²) in [6.07, 6.45) is 0. The Morgan fingerprint density at radius 1 is 0.657 bits per heavy atom. The molecule has 0 spiro atoms. The van der Waals surface area contributed by atoms with Gasteiger partial charge in [-0.25, -0.2) is 0 Å². The number of anilines is 5. The van der Waals surface area contributed by atoms with Gasteiger partial charge in [-0.2, -0.15) is 15.0 Å². The lowest BCUT2D eigenvalue weighted by Gasteiger charge is -2.14. The van der Waals surface area contributed by atoms with Crippen LogP contribution in [-0.2, 0) is 4.79 Å². The van der Waals surface area contributed by atoms with E-state index in [0.717, 1.165) is 33.8 Å². The molecule has 0 radical (unpaired) electrons. The lowest BCUT2D eigenvalue weighted by molar-refractivity contribution is -0.115. The van der Waals surface area contributed by atoms with Gasteiger partial charge in [0, 0.05) is 17.1 Å². The largest absolute Gasteiger partial charge is 0.325 e. The third kappa shape index (κ3) is 7.04. The van der Waals surface area contributed by atoms with E-state index in [1.54, 1.807) is 0 Å². The van der Waals surface area contributed by atoms with E-state index in [2.05, 4.69) is 30.9 Å². The molecule has 1 unspecified atom stereocenters. The van der Waals surface area contributed by atoms with Crippen LogP contribution in [-0.4, -0.2) is 26.1 Å². The van der Waals surface area contributed by atoms with Crippen LogP contribution in [0.4, 0.5) is 29.0 Å². The molecule has 1 amide bonds. The monoisotopic (exact) mass is 484 g/mol. The molecule has 1 heterocycles. The maximum absolute atomic E-state index is 12.8. The molecule has 7 nitrogen and oxygen atoms in total. The third-order valence-electron chi connectivity index (χ3n) is 5.20. The Kier molecular flexibility index (Phi) is 7.62. The predicted octanol–water partition coefficient (Wildman–Crippen LogP) is 6.40. The molecule has 0 saturated carbocycles. The van der Waals surface area contributed by atoms with Crippen molar-refractivity contribution < 1.29 is 4.79 Å². The van der Waals surface area contributed by atoms with Crippen molar-refractivity contribution >= 4 is 46.6 Å². The van der Waals surface area contributed by atoms with Crippen LogP contribution in [0.2, 0.25) is 0 Å². The zero-order valence-electron chi connectivity index (χ0n) is 20.2. The molecule has 35 heavy (non-hydrogen) atoms. The molecule has 178 valence electrons. The van der Waals surface area contributed by atoms with E-state index >= 15 is 0 Å². The smallest absolute Gasteiger partial charge is 0.237 e. The Morgan fingerprint density at radius 3 is 1.49 bits per heavy atom. The Balaban J connectivity index is 1.54. The summed E-state index contributed by atoms with van der Waals surface area (Å²) in [5.74, 6) is 0.666. The van der Waals surface area contributed by atoms with Gasteiger partial charge in [-0.3, -0.25) is 4.79 Å². The fourth-order valence-electron chi connectivity index (χ4n) is 3.15. The lowest BCUT2D eigenvalue weighted by Crippen LogP contribution is -2.22. The van der Waals surface area contributed by atoms with Gasteiger partial charge in [0.1, 0.15) is 0 Å². The van der Waals surface area contributed by atoms with Crippen LogP contribution in [0, 0.1) is 20.8 Å². The van der Waals surface area contributed by atoms with Crippen LogP contribution >= 0.6 is 11.8 Å². The number of thioether (sulfide) groups is 1. The molecular formula is C27H28N6OS. The van der Waals surface area contributed by atoms with Gasteiger partial charge in [0.2, 0.25) is 17.8 Å². The van der Waals surface area contributed by atoms with Crippen molar-refractivity contribution in [3.63, 3.8) is 0 Å². The Hall–Kier alpha value is -3.91.